The first-order valence-corrected chi connectivity index (χ1v) is 8.03. The number of carbonyl (C=O) groups is 1. The Kier molecular flexibility index (Phi) is 3.82. The number of aliphatic carboxylic acids is 1. The Morgan fingerprint density at radius 3 is 2.44 bits per heavy atom. The predicted molar refractivity (Wildman–Crippen MR) is 71.7 cm³/mol. The fourth-order valence-corrected chi connectivity index (χ4v) is 4.85. The molecule has 8 heteroatoms. The Morgan fingerprint density at radius 1 is 1.33 bits per heavy atom. The lowest BCUT2D eigenvalue weighted by molar-refractivity contribution is -0.145. The van der Waals surface area contributed by atoms with Gasteiger partial charge in [0.25, 0.3) is 0 Å². The number of rotatable bonds is 3. The van der Waals surface area contributed by atoms with Gasteiger partial charge in [-0.2, -0.15) is 4.31 Å². The number of nitrogens with zero attached hydrogens (tertiary/aromatic N) is 1. The Labute approximate surface area is 121 Å². The smallest absolute Gasteiger partial charge is 0.309 e. The number of hydrogen-bond acceptors (Lipinski definition) is 3. The fourth-order valence-electron chi connectivity index (χ4n) is 1.61. The zero-order chi connectivity index (χ0) is 13.5. The molecule has 0 radical (unpaired) electrons. The summed E-state index contributed by atoms with van der Waals surface area (Å²) in [5.74, 6) is -1.56. The maximum Gasteiger partial charge on any atom is 0.309 e. The highest BCUT2D eigenvalue weighted by atomic mass is 79.9. The second-order valence-electron chi connectivity index (χ2n) is 3.93. The Balaban J connectivity index is 2.25. The van der Waals surface area contributed by atoms with Crippen molar-refractivity contribution in [1.29, 1.82) is 0 Å². The Bertz CT molecular complexity index is 596. The highest BCUT2D eigenvalue weighted by molar-refractivity contribution is 9.11. The summed E-state index contributed by atoms with van der Waals surface area (Å²) in [6.45, 7) is 0.0559. The van der Waals surface area contributed by atoms with Gasteiger partial charge in [0.05, 0.1) is 10.8 Å². The van der Waals surface area contributed by atoms with E-state index in [1.807, 2.05) is 0 Å². The van der Waals surface area contributed by atoms with Gasteiger partial charge in [0.15, 0.2) is 0 Å². The number of hydrogen-bond donors (Lipinski definition) is 1. The van der Waals surface area contributed by atoms with Gasteiger partial charge in [-0.1, -0.05) is 15.9 Å². The zero-order valence-corrected chi connectivity index (χ0v) is 13.0. The molecule has 1 heterocycles. The average molecular weight is 399 g/mol. The van der Waals surface area contributed by atoms with E-state index in [2.05, 4.69) is 31.9 Å². The molecule has 98 valence electrons. The van der Waals surface area contributed by atoms with Crippen molar-refractivity contribution in [2.45, 2.75) is 4.90 Å². The van der Waals surface area contributed by atoms with E-state index in [1.54, 1.807) is 12.1 Å². The summed E-state index contributed by atoms with van der Waals surface area (Å²) in [5.41, 5.74) is 0. The van der Waals surface area contributed by atoms with Crippen LogP contribution in [0.4, 0.5) is 0 Å². The lowest BCUT2D eigenvalue weighted by Crippen LogP contribution is -2.52. The molecule has 0 amide bonds. The second-order valence-corrected chi connectivity index (χ2v) is 7.61. The molecule has 1 aliphatic heterocycles. The molecule has 1 aromatic rings. The van der Waals surface area contributed by atoms with E-state index in [9.17, 15) is 13.2 Å². The third-order valence-corrected chi connectivity index (χ3v) is 6.01. The molecule has 1 aliphatic rings. The van der Waals surface area contributed by atoms with Crippen molar-refractivity contribution in [1.82, 2.24) is 4.31 Å². The molecule has 1 saturated heterocycles. The summed E-state index contributed by atoms with van der Waals surface area (Å²) in [7, 11) is -3.61. The van der Waals surface area contributed by atoms with Gasteiger partial charge in [-0.3, -0.25) is 4.79 Å². The van der Waals surface area contributed by atoms with E-state index in [0.29, 0.717) is 4.47 Å². The number of sulfonamides is 1. The van der Waals surface area contributed by atoms with Gasteiger partial charge in [0.1, 0.15) is 0 Å². The first-order valence-electron chi connectivity index (χ1n) is 5.00. The molecule has 0 aliphatic carbocycles. The highest BCUT2D eigenvalue weighted by Crippen LogP contribution is 2.31. The van der Waals surface area contributed by atoms with Crippen LogP contribution in [0.5, 0.6) is 0 Å². The zero-order valence-electron chi connectivity index (χ0n) is 9.01. The van der Waals surface area contributed by atoms with E-state index < -0.39 is 21.9 Å². The summed E-state index contributed by atoms with van der Waals surface area (Å²) < 4.78 is 26.8. The molecule has 5 nitrogen and oxygen atoms in total. The molecule has 0 bridgehead atoms. The van der Waals surface area contributed by atoms with Crippen LogP contribution in [0.2, 0.25) is 0 Å². The molecule has 1 aromatic carbocycles. The van der Waals surface area contributed by atoms with Gasteiger partial charge in [-0.25, -0.2) is 8.42 Å². The van der Waals surface area contributed by atoms with E-state index in [-0.39, 0.29) is 18.0 Å². The van der Waals surface area contributed by atoms with Gasteiger partial charge in [0.2, 0.25) is 10.0 Å². The summed E-state index contributed by atoms with van der Waals surface area (Å²) in [6, 6.07) is 4.76. The van der Waals surface area contributed by atoms with Crippen molar-refractivity contribution in [3.8, 4) is 0 Å². The molecule has 1 N–H and O–H groups in total. The number of carboxylic acids is 1. The Morgan fingerprint density at radius 2 is 1.94 bits per heavy atom. The van der Waals surface area contributed by atoms with E-state index in [1.165, 1.54) is 10.4 Å². The lowest BCUT2D eigenvalue weighted by atomic mass is 10.0. The van der Waals surface area contributed by atoms with Crippen molar-refractivity contribution in [2.24, 2.45) is 5.92 Å². The normalized spacial score (nSPS) is 17.4. The molecule has 2 rings (SSSR count). The van der Waals surface area contributed by atoms with E-state index >= 15 is 0 Å². The third-order valence-electron chi connectivity index (χ3n) is 2.71. The van der Waals surface area contributed by atoms with Crippen LogP contribution in [0.15, 0.2) is 32.0 Å². The molecule has 0 saturated carbocycles. The van der Waals surface area contributed by atoms with Gasteiger partial charge in [-0.05, 0) is 34.1 Å². The molecule has 0 aromatic heterocycles. The molecular weight excluding hydrogens is 390 g/mol. The van der Waals surface area contributed by atoms with Crippen molar-refractivity contribution in [3.05, 3.63) is 27.1 Å². The van der Waals surface area contributed by atoms with Gasteiger partial charge in [-0.15, -0.1) is 0 Å². The lowest BCUT2D eigenvalue weighted by Gasteiger charge is -2.35. The SMILES string of the molecule is O=C(O)C1CN(S(=O)(=O)c2ccc(Br)cc2Br)C1. The Hall–Kier alpha value is -0.440. The molecule has 0 unspecified atom stereocenters. The molecule has 0 atom stereocenters. The third kappa shape index (κ3) is 2.47. The first kappa shape index (κ1) is 14.0. The number of benzene rings is 1. The van der Waals surface area contributed by atoms with Crippen LogP contribution >= 0.6 is 31.9 Å². The quantitative estimate of drug-likeness (QED) is 0.843. The molecule has 1 fully saturated rings. The fraction of sp³-hybridized carbons (Fsp3) is 0.300. The summed E-state index contributed by atoms with van der Waals surface area (Å²) in [5, 5.41) is 8.74. The topological polar surface area (TPSA) is 74.7 Å². The minimum absolute atomic E-state index is 0.0279. The van der Waals surface area contributed by atoms with Crippen molar-refractivity contribution < 1.29 is 18.3 Å². The number of halogens is 2. The predicted octanol–water partition coefficient (Wildman–Crippen LogP) is 1.92. The van der Waals surface area contributed by atoms with Crippen LogP contribution in [-0.2, 0) is 14.8 Å². The first-order chi connectivity index (χ1) is 8.32. The maximum atomic E-state index is 12.2. The minimum atomic E-state index is -3.61. The van der Waals surface area contributed by atoms with Crippen molar-refractivity contribution in [3.63, 3.8) is 0 Å². The minimum Gasteiger partial charge on any atom is -0.481 e. The molecular formula is C10H9Br2NO4S. The van der Waals surface area contributed by atoms with Gasteiger partial charge < -0.3 is 5.11 Å². The van der Waals surface area contributed by atoms with Crippen LogP contribution in [-0.4, -0.2) is 36.9 Å². The number of carboxylic acid groups (broad SMARTS) is 1. The summed E-state index contributed by atoms with van der Waals surface area (Å²) >= 11 is 6.44. The van der Waals surface area contributed by atoms with Crippen molar-refractivity contribution >= 4 is 47.9 Å². The molecule has 0 spiro atoms. The van der Waals surface area contributed by atoms with Gasteiger partial charge >= 0.3 is 5.97 Å². The average Bonchev–Trinajstić information content (AvgIpc) is 2.12. The monoisotopic (exact) mass is 397 g/mol. The molecule has 18 heavy (non-hydrogen) atoms. The summed E-state index contributed by atoms with van der Waals surface area (Å²) in [6.07, 6.45) is 0. The summed E-state index contributed by atoms with van der Waals surface area (Å²) in [4.78, 5) is 10.8. The van der Waals surface area contributed by atoms with Crippen LogP contribution in [0.1, 0.15) is 0 Å². The standard InChI is InChI=1S/C10H9Br2NO4S/c11-7-1-2-9(8(12)3-7)18(16,17)13-4-6(5-13)10(14)15/h1-3,6H,4-5H2,(H,14,15). The van der Waals surface area contributed by atoms with Crippen LogP contribution in [0.3, 0.4) is 0 Å². The van der Waals surface area contributed by atoms with Crippen molar-refractivity contribution in [2.75, 3.05) is 13.1 Å². The van der Waals surface area contributed by atoms with Crippen LogP contribution in [0.25, 0.3) is 0 Å². The van der Waals surface area contributed by atoms with E-state index in [0.717, 1.165) is 4.47 Å². The largest absolute Gasteiger partial charge is 0.481 e. The highest BCUT2D eigenvalue weighted by Gasteiger charge is 2.41. The second kappa shape index (κ2) is 4.92. The van der Waals surface area contributed by atoms with Crippen LogP contribution < -0.4 is 0 Å². The van der Waals surface area contributed by atoms with Crippen LogP contribution in [0, 0.1) is 5.92 Å². The van der Waals surface area contributed by atoms with Gasteiger partial charge in [0, 0.05) is 22.0 Å². The maximum absolute atomic E-state index is 12.2. The van der Waals surface area contributed by atoms with E-state index in [4.69, 9.17) is 5.11 Å².